The van der Waals surface area contributed by atoms with Crippen molar-refractivity contribution >= 4 is 22.0 Å². The van der Waals surface area contributed by atoms with Gasteiger partial charge in [-0.05, 0) is 23.8 Å². The Bertz CT molecular complexity index is 1040. The highest BCUT2D eigenvalue weighted by Gasteiger charge is 2.34. The zero-order valence-electron chi connectivity index (χ0n) is 14.8. The number of ether oxygens (including phenoxy) is 1. The summed E-state index contributed by atoms with van der Waals surface area (Å²) in [6.45, 7) is 1.81. The molecular formula is C21H20FN3O2. The molecule has 1 aliphatic heterocycles. The van der Waals surface area contributed by atoms with Gasteiger partial charge in [0.15, 0.2) is 5.58 Å². The molecule has 2 atom stereocenters. The summed E-state index contributed by atoms with van der Waals surface area (Å²) in [6.07, 6.45) is 0.523. The molecule has 0 amide bonds. The maximum absolute atomic E-state index is 14.5. The molecule has 5 nitrogen and oxygen atoms in total. The Morgan fingerprint density at radius 1 is 1.15 bits per heavy atom. The Morgan fingerprint density at radius 3 is 2.93 bits per heavy atom. The Labute approximate surface area is 155 Å². The SMILES string of the molecule is F[C@@H]1CN(Cc2c[nH]c3ccccc23)C[C@@H]1OCc1nc2ccccc2o1. The minimum Gasteiger partial charge on any atom is -0.438 e. The van der Waals surface area contributed by atoms with Crippen LogP contribution in [-0.4, -0.2) is 40.2 Å². The number of alkyl halides is 1. The van der Waals surface area contributed by atoms with E-state index in [1.54, 1.807) is 0 Å². The Balaban J connectivity index is 1.23. The van der Waals surface area contributed by atoms with E-state index in [1.807, 2.05) is 48.7 Å². The van der Waals surface area contributed by atoms with E-state index < -0.39 is 12.3 Å². The lowest BCUT2D eigenvalue weighted by Crippen LogP contribution is -2.24. The van der Waals surface area contributed by atoms with Gasteiger partial charge in [-0.1, -0.05) is 30.3 Å². The van der Waals surface area contributed by atoms with Crippen LogP contribution < -0.4 is 0 Å². The van der Waals surface area contributed by atoms with Gasteiger partial charge in [-0.3, -0.25) is 4.90 Å². The summed E-state index contributed by atoms with van der Waals surface area (Å²) in [5.41, 5.74) is 3.80. The first kappa shape index (κ1) is 16.5. The highest BCUT2D eigenvalue weighted by molar-refractivity contribution is 5.83. The van der Waals surface area contributed by atoms with Gasteiger partial charge in [0, 0.05) is 36.7 Å². The third kappa shape index (κ3) is 3.22. The average molecular weight is 365 g/mol. The summed E-state index contributed by atoms with van der Waals surface area (Å²) >= 11 is 0. The van der Waals surface area contributed by atoms with Crippen molar-refractivity contribution in [1.29, 1.82) is 0 Å². The van der Waals surface area contributed by atoms with E-state index in [9.17, 15) is 4.39 Å². The molecule has 27 heavy (non-hydrogen) atoms. The lowest BCUT2D eigenvalue weighted by Gasteiger charge is -2.15. The van der Waals surface area contributed by atoms with Crippen LogP contribution in [0.25, 0.3) is 22.0 Å². The maximum Gasteiger partial charge on any atom is 0.221 e. The number of halogens is 1. The predicted molar refractivity (Wildman–Crippen MR) is 101 cm³/mol. The molecule has 0 unspecified atom stereocenters. The molecule has 1 N–H and O–H groups in total. The van der Waals surface area contributed by atoms with E-state index in [4.69, 9.17) is 9.15 Å². The molecule has 1 saturated heterocycles. The van der Waals surface area contributed by atoms with Crippen LogP contribution in [0.3, 0.4) is 0 Å². The van der Waals surface area contributed by atoms with Crippen LogP contribution in [0.15, 0.2) is 59.1 Å². The molecule has 2 aromatic carbocycles. The Hall–Kier alpha value is -2.70. The molecule has 0 aliphatic carbocycles. The fraction of sp³-hybridized carbons (Fsp3) is 0.286. The normalized spacial score (nSPS) is 20.8. The molecule has 0 radical (unpaired) electrons. The first-order chi connectivity index (χ1) is 13.3. The van der Waals surface area contributed by atoms with Gasteiger partial charge in [-0.15, -0.1) is 0 Å². The number of likely N-dealkylation sites (tertiary alicyclic amines) is 1. The van der Waals surface area contributed by atoms with Crippen LogP contribution in [0.5, 0.6) is 0 Å². The number of H-pyrrole nitrogens is 1. The van der Waals surface area contributed by atoms with Crippen LogP contribution in [-0.2, 0) is 17.9 Å². The van der Waals surface area contributed by atoms with Gasteiger partial charge in [-0.25, -0.2) is 9.37 Å². The number of nitrogens with one attached hydrogen (secondary N) is 1. The van der Waals surface area contributed by atoms with Crippen molar-refractivity contribution in [3.05, 3.63) is 66.2 Å². The molecule has 138 valence electrons. The lowest BCUT2D eigenvalue weighted by atomic mass is 10.2. The fourth-order valence-corrected chi connectivity index (χ4v) is 3.76. The summed E-state index contributed by atoms with van der Waals surface area (Å²) in [5.74, 6) is 0.485. The van der Waals surface area contributed by atoms with E-state index in [-0.39, 0.29) is 6.61 Å². The molecule has 5 rings (SSSR count). The monoisotopic (exact) mass is 365 g/mol. The number of hydrogen-bond acceptors (Lipinski definition) is 4. The molecule has 0 saturated carbocycles. The van der Waals surface area contributed by atoms with Crippen molar-refractivity contribution in [2.45, 2.75) is 25.4 Å². The van der Waals surface area contributed by atoms with Gasteiger partial charge in [0.05, 0.1) is 0 Å². The van der Waals surface area contributed by atoms with Gasteiger partial charge < -0.3 is 14.1 Å². The van der Waals surface area contributed by atoms with Crippen molar-refractivity contribution in [1.82, 2.24) is 14.9 Å². The molecule has 4 aromatic rings. The van der Waals surface area contributed by atoms with E-state index in [0.717, 1.165) is 16.6 Å². The van der Waals surface area contributed by atoms with Crippen LogP contribution >= 0.6 is 0 Å². The van der Waals surface area contributed by atoms with Crippen molar-refractivity contribution in [2.24, 2.45) is 0 Å². The molecular weight excluding hydrogens is 345 g/mol. The van der Waals surface area contributed by atoms with Crippen molar-refractivity contribution in [2.75, 3.05) is 13.1 Å². The van der Waals surface area contributed by atoms with Crippen LogP contribution in [0, 0.1) is 0 Å². The van der Waals surface area contributed by atoms with Crippen LogP contribution in [0.1, 0.15) is 11.5 Å². The van der Waals surface area contributed by atoms with E-state index in [1.165, 1.54) is 10.9 Å². The zero-order chi connectivity index (χ0) is 18.2. The van der Waals surface area contributed by atoms with Gasteiger partial charge >= 0.3 is 0 Å². The third-order valence-electron chi connectivity index (χ3n) is 5.10. The number of nitrogens with zero attached hydrogens (tertiary/aromatic N) is 2. The van der Waals surface area contributed by atoms with Crippen molar-refractivity contribution in [3.8, 4) is 0 Å². The number of rotatable bonds is 5. The molecule has 3 heterocycles. The highest BCUT2D eigenvalue weighted by Crippen LogP contribution is 2.24. The molecule has 6 heteroatoms. The largest absolute Gasteiger partial charge is 0.438 e. The smallest absolute Gasteiger partial charge is 0.221 e. The van der Waals surface area contributed by atoms with Crippen molar-refractivity contribution in [3.63, 3.8) is 0 Å². The Morgan fingerprint density at radius 2 is 2.00 bits per heavy atom. The Kier molecular flexibility index (Phi) is 4.14. The topological polar surface area (TPSA) is 54.3 Å². The first-order valence-corrected chi connectivity index (χ1v) is 9.14. The molecule has 1 fully saturated rings. The number of para-hydroxylation sites is 3. The number of aromatic nitrogens is 2. The number of oxazole rings is 1. The van der Waals surface area contributed by atoms with Crippen molar-refractivity contribution < 1.29 is 13.5 Å². The van der Waals surface area contributed by atoms with E-state index in [2.05, 4.69) is 20.9 Å². The fourth-order valence-electron chi connectivity index (χ4n) is 3.76. The molecule has 2 aromatic heterocycles. The summed E-state index contributed by atoms with van der Waals surface area (Å²) < 4.78 is 25.9. The number of benzene rings is 2. The van der Waals surface area contributed by atoms with Crippen LogP contribution in [0.2, 0.25) is 0 Å². The maximum atomic E-state index is 14.5. The second-order valence-corrected chi connectivity index (χ2v) is 6.99. The van der Waals surface area contributed by atoms with E-state index >= 15 is 0 Å². The van der Waals surface area contributed by atoms with Gasteiger partial charge in [-0.2, -0.15) is 0 Å². The summed E-state index contributed by atoms with van der Waals surface area (Å²) in [4.78, 5) is 9.75. The van der Waals surface area contributed by atoms with Crippen LogP contribution in [0.4, 0.5) is 4.39 Å². The summed E-state index contributed by atoms with van der Waals surface area (Å²) in [5, 5.41) is 1.18. The standard InChI is InChI=1S/C21H20FN3O2/c22-16-11-25(10-14-9-23-17-6-2-1-5-15(14)17)12-20(16)26-13-21-24-18-7-3-4-8-19(18)27-21/h1-9,16,20,23H,10-13H2/t16-,20+/m1/s1. The quantitative estimate of drug-likeness (QED) is 0.580. The minimum atomic E-state index is -1.01. The summed E-state index contributed by atoms with van der Waals surface area (Å²) in [6, 6.07) is 15.7. The lowest BCUT2D eigenvalue weighted by molar-refractivity contribution is 0.00239. The minimum absolute atomic E-state index is 0.181. The van der Waals surface area contributed by atoms with Gasteiger partial charge in [0.25, 0.3) is 0 Å². The molecule has 0 bridgehead atoms. The number of fused-ring (bicyclic) bond motifs is 2. The molecule has 1 aliphatic rings. The third-order valence-corrected chi connectivity index (χ3v) is 5.10. The van der Waals surface area contributed by atoms with Gasteiger partial charge in [0.1, 0.15) is 24.4 Å². The number of hydrogen-bond donors (Lipinski definition) is 1. The predicted octanol–water partition coefficient (Wildman–Crippen LogP) is 4.05. The van der Waals surface area contributed by atoms with E-state index in [0.29, 0.717) is 25.5 Å². The zero-order valence-corrected chi connectivity index (χ0v) is 14.8. The van der Waals surface area contributed by atoms with Gasteiger partial charge in [0.2, 0.25) is 5.89 Å². The molecule has 0 spiro atoms. The second-order valence-electron chi connectivity index (χ2n) is 6.99. The first-order valence-electron chi connectivity index (χ1n) is 9.14. The number of aromatic amines is 1. The summed E-state index contributed by atoms with van der Waals surface area (Å²) in [7, 11) is 0. The highest BCUT2D eigenvalue weighted by atomic mass is 19.1. The average Bonchev–Trinajstić information content (AvgIpc) is 3.37. The second kappa shape index (κ2) is 6.79.